The number of aromatic amines is 1. The lowest BCUT2D eigenvalue weighted by atomic mass is 9.94. The van der Waals surface area contributed by atoms with E-state index in [1.165, 1.54) is 4.57 Å². The highest BCUT2D eigenvalue weighted by Gasteiger charge is 2.65. The number of nitrogens with one attached hydrogen (secondary N) is 1. The maximum absolute atomic E-state index is 13.5. The molecule has 3 aromatic carbocycles. The van der Waals surface area contributed by atoms with Crippen LogP contribution in [-0.2, 0) is 24.4 Å². The molecule has 4 atom stereocenters. The molecule has 3 heterocycles. The summed E-state index contributed by atoms with van der Waals surface area (Å²) in [4.78, 5) is 28.4. The quantitative estimate of drug-likeness (QED) is 0.317. The van der Waals surface area contributed by atoms with Crippen LogP contribution >= 0.6 is 0 Å². The van der Waals surface area contributed by atoms with Crippen molar-refractivity contribution in [2.75, 3.05) is 6.61 Å². The van der Waals surface area contributed by atoms with E-state index in [0.29, 0.717) is 11.1 Å². The third-order valence-corrected chi connectivity index (χ3v) is 13.8. The van der Waals surface area contributed by atoms with Gasteiger partial charge in [0.1, 0.15) is 18.3 Å². The summed E-state index contributed by atoms with van der Waals surface area (Å²) in [5, 5.41) is 2.06. The molecule has 0 spiro atoms. The minimum absolute atomic E-state index is 0.194. The highest BCUT2D eigenvalue weighted by molar-refractivity contribution is 6.99. The molecule has 0 bridgehead atoms. The van der Waals surface area contributed by atoms with Gasteiger partial charge in [-0.05, 0) is 36.2 Å². The number of H-pyrrole nitrogens is 1. The summed E-state index contributed by atoms with van der Waals surface area (Å²) in [6, 6.07) is 30.4. The topological polar surface area (TPSA) is 91.8 Å². The van der Waals surface area contributed by atoms with Gasteiger partial charge in [0.2, 0.25) is 5.72 Å². The first-order valence-electron chi connectivity index (χ1n) is 15.1. The van der Waals surface area contributed by atoms with Gasteiger partial charge in [0.25, 0.3) is 13.9 Å². The Labute approximate surface area is 258 Å². The van der Waals surface area contributed by atoms with Crippen molar-refractivity contribution in [3.8, 4) is 0 Å². The molecule has 0 saturated carbocycles. The second-order valence-corrected chi connectivity index (χ2v) is 17.5. The van der Waals surface area contributed by atoms with Crippen molar-refractivity contribution in [1.29, 1.82) is 0 Å². The Morgan fingerprint density at radius 2 is 1.39 bits per heavy atom. The van der Waals surface area contributed by atoms with Gasteiger partial charge < -0.3 is 18.6 Å². The average Bonchev–Trinajstić information content (AvgIpc) is 3.47. The number of aromatic nitrogens is 2. The monoisotopic (exact) mass is 612 g/mol. The van der Waals surface area contributed by atoms with Gasteiger partial charge in [-0.1, -0.05) is 112 Å². The Hall–Kier alpha value is -3.60. The number of rotatable bonds is 7. The normalized spacial score (nSPS) is 24.7. The second kappa shape index (κ2) is 11.1. The lowest BCUT2D eigenvalue weighted by Crippen LogP contribution is -2.67. The third-order valence-electron chi connectivity index (χ3n) is 8.76. The summed E-state index contributed by atoms with van der Waals surface area (Å²) >= 11 is 0. The maximum Gasteiger partial charge on any atom is 0.331 e. The van der Waals surface area contributed by atoms with Crippen molar-refractivity contribution in [3.05, 3.63) is 129 Å². The minimum Gasteiger partial charge on any atom is -0.405 e. The van der Waals surface area contributed by atoms with Gasteiger partial charge in [0.05, 0.1) is 6.61 Å². The molecule has 1 N–H and O–H groups in total. The van der Waals surface area contributed by atoms with Crippen molar-refractivity contribution < 1.29 is 18.6 Å². The van der Waals surface area contributed by atoms with Crippen LogP contribution in [0.5, 0.6) is 0 Å². The average molecular weight is 613 g/mol. The fourth-order valence-corrected chi connectivity index (χ4v) is 11.5. The molecule has 230 valence electrons. The van der Waals surface area contributed by atoms with Crippen molar-refractivity contribution in [1.82, 2.24) is 9.55 Å². The molecule has 9 heteroatoms. The van der Waals surface area contributed by atoms with Crippen LogP contribution in [0.2, 0.25) is 5.04 Å². The fourth-order valence-electron chi connectivity index (χ4n) is 6.88. The molecule has 1 aromatic heterocycles. The molecule has 2 saturated heterocycles. The van der Waals surface area contributed by atoms with Crippen molar-refractivity contribution in [2.45, 2.75) is 76.4 Å². The van der Waals surface area contributed by atoms with Crippen molar-refractivity contribution in [2.24, 2.45) is 0 Å². The van der Waals surface area contributed by atoms with Crippen LogP contribution in [0, 0.1) is 6.92 Å². The molecule has 2 fully saturated rings. The second-order valence-electron chi connectivity index (χ2n) is 13.2. The highest BCUT2D eigenvalue weighted by Crippen LogP contribution is 2.50. The molecular weight excluding hydrogens is 572 g/mol. The van der Waals surface area contributed by atoms with Gasteiger partial charge in [0, 0.05) is 17.3 Å². The molecule has 0 amide bonds. The molecule has 4 aromatic rings. The van der Waals surface area contributed by atoms with Crippen LogP contribution in [0.4, 0.5) is 0 Å². The molecule has 0 unspecified atom stereocenters. The van der Waals surface area contributed by atoms with Crippen molar-refractivity contribution >= 4 is 18.7 Å². The van der Waals surface area contributed by atoms with E-state index in [1.54, 1.807) is 13.1 Å². The molecule has 2 aliphatic rings. The van der Waals surface area contributed by atoms with E-state index in [0.717, 1.165) is 10.4 Å². The number of hydrogen-bond donors (Lipinski definition) is 1. The molecular formula is C35H40N2O6Si. The Bertz CT molecular complexity index is 1690. The van der Waals surface area contributed by atoms with Crippen LogP contribution in [0.3, 0.4) is 0 Å². The zero-order valence-electron chi connectivity index (χ0n) is 26.1. The Balaban J connectivity index is 1.50. The summed E-state index contributed by atoms with van der Waals surface area (Å²) in [6.07, 6.45) is -0.341. The summed E-state index contributed by atoms with van der Waals surface area (Å²) in [5.74, 6) is -0.949. The van der Waals surface area contributed by atoms with Gasteiger partial charge >= 0.3 is 5.69 Å². The number of nitrogens with zero attached hydrogens (tertiary/aromatic N) is 1. The first-order valence-corrected chi connectivity index (χ1v) is 17.0. The first-order chi connectivity index (χ1) is 20.9. The summed E-state index contributed by atoms with van der Waals surface area (Å²) < 4.78 is 28.9. The number of aryl methyl sites for hydroxylation is 1. The Morgan fingerprint density at radius 3 is 1.93 bits per heavy atom. The molecule has 0 radical (unpaired) electrons. The Kier molecular flexibility index (Phi) is 7.66. The minimum atomic E-state index is -2.92. The van der Waals surface area contributed by atoms with Crippen LogP contribution in [0.15, 0.2) is 107 Å². The van der Waals surface area contributed by atoms with E-state index in [9.17, 15) is 9.59 Å². The van der Waals surface area contributed by atoms with Crippen LogP contribution in [-0.4, -0.2) is 48.6 Å². The SMILES string of the molecule is Cc1cn([C@]2(c3ccccc3)O[C@H](CO[Si](c3ccccc3)(c3ccccc3)C(C)(C)C)[C@H]3OC(C)(C)O[C@H]32)c(=O)[nH]c1=O. The number of ether oxygens (including phenoxy) is 3. The highest BCUT2D eigenvalue weighted by atomic mass is 28.4. The number of hydrogen-bond acceptors (Lipinski definition) is 6. The van der Waals surface area contributed by atoms with Gasteiger partial charge in [-0.3, -0.25) is 14.3 Å². The van der Waals surface area contributed by atoms with Gasteiger partial charge in [0.15, 0.2) is 5.79 Å². The lowest BCUT2D eigenvalue weighted by molar-refractivity contribution is -0.222. The zero-order valence-corrected chi connectivity index (χ0v) is 27.1. The van der Waals surface area contributed by atoms with E-state index in [2.05, 4.69) is 74.3 Å². The molecule has 2 aliphatic heterocycles. The molecule has 6 rings (SSSR count). The standard InChI is InChI=1S/C35H40N2O6Si/c1-24-22-37(32(39)36-31(24)38)35(25-16-10-7-11-17-25)30-29(42-34(5,6)43-30)28(41-35)23-40-44(33(2,3)4,26-18-12-8-13-19-26)27-20-14-9-15-21-27/h7-22,28-30H,23H2,1-6H3,(H,36,38,39)/t28-,29-,30-,35-/m1/s1. The molecule has 8 nitrogen and oxygen atoms in total. The van der Waals surface area contributed by atoms with E-state index < -0.39 is 49.4 Å². The fraction of sp³-hybridized carbons (Fsp3) is 0.371. The van der Waals surface area contributed by atoms with Crippen LogP contribution in [0.1, 0.15) is 45.7 Å². The van der Waals surface area contributed by atoms with E-state index in [4.69, 9.17) is 18.6 Å². The third kappa shape index (κ3) is 4.93. The van der Waals surface area contributed by atoms with Crippen LogP contribution < -0.4 is 21.6 Å². The summed E-state index contributed by atoms with van der Waals surface area (Å²) in [6.45, 7) is 12.3. The van der Waals surface area contributed by atoms with Crippen molar-refractivity contribution in [3.63, 3.8) is 0 Å². The lowest BCUT2D eigenvalue weighted by Gasteiger charge is -2.44. The van der Waals surface area contributed by atoms with Crippen LogP contribution in [0.25, 0.3) is 0 Å². The van der Waals surface area contributed by atoms with E-state index in [1.807, 2.05) is 56.3 Å². The Morgan fingerprint density at radius 1 is 0.841 bits per heavy atom. The summed E-state index contributed by atoms with van der Waals surface area (Å²) in [7, 11) is -2.92. The molecule has 44 heavy (non-hydrogen) atoms. The van der Waals surface area contributed by atoms with E-state index in [-0.39, 0.29) is 11.6 Å². The predicted octanol–water partition coefficient (Wildman–Crippen LogP) is 4.04. The van der Waals surface area contributed by atoms with Gasteiger partial charge in [-0.15, -0.1) is 0 Å². The van der Waals surface area contributed by atoms with E-state index >= 15 is 0 Å². The zero-order chi connectivity index (χ0) is 31.3. The largest absolute Gasteiger partial charge is 0.405 e. The first kappa shape index (κ1) is 30.4. The number of fused-ring (bicyclic) bond motifs is 1. The summed E-state index contributed by atoms with van der Waals surface area (Å²) in [5.41, 5.74) is -1.38. The predicted molar refractivity (Wildman–Crippen MR) is 172 cm³/mol. The van der Waals surface area contributed by atoms with Gasteiger partial charge in [-0.25, -0.2) is 4.79 Å². The maximum atomic E-state index is 13.5. The molecule has 0 aliphatic carbocycles. The van der Waals surface area contributed by atoms with Gasteiger partial charge in [-0.2, -0.15) is 0 Å². The number of benzene rings is 3. The smallest absolute Gasteiger partial charge is 0.331 e.